The maximum Gasteiger partial charge on any atom is 0.280 e. The Balaban J connectivity index is 1.73. The van der Waals surface area contributed by atoms with E-state index in [1.807, 2.05) is 13.8 Å². The van der Waals surface area contributed by atoms with Gasteiger partial charge in [0.05, 0.1) is 18.4 Å². The third kappa shape index (κ3) is 3.86. The molecule has 3 rings (SSSR count). The highest BCUT2D eigenvalue weighted by Crippen LogP contribution is 2.21. The molecule has 25 heavy (non-hydrogen) atoms. The van der Waals surface area contributed by atoms with E-state index in [0.717, 1.165) is 6.42 Å². The fourth-order valence-electron chi connectivity index (χ4n) is 3.43. The molecule has 0 radical (unpaired) electrons. The Morgan fingerprint density at radius 2 is 1.96 bits per heavy atom. The van der Waals surface area contributed by atoms with E-state index >= 15 is 0 Å². The summed E-state index contributed by atoms with van der Waals surface area (Å²) in [5.41, 5.74) is 0. The predicted octanol–water partition coefficient (Wildman–Crippen LogP) is -0.141. The van der Waals surface area contributed by atoms with Crippen LogP contribution >= 0.6 is 0 Å². The second-order valence-corrected chi connectivity index (χ2v) is 8.40. The van der Waals surface area contributed by atoms with Crippen LogP contribution in [0.3, 0.4) is 0 Å². The lowest BCUT2D eigenvalue weighted by molar-refractivity contribution is -0.121. The third-order valence-corrected chi connectivity index (χ3v) is 6.09. The Morgan fingerprint density at radius 1 is 1.28 bits per heavy atom. The molecule has 2 fully saturated rings. The van der Waals surface area contributed by atoms with E-state index in [9.17, 15) is 13.2 Å². The summed E-state index contributed by atoms with van der Waals surface area (Å²) in [7, 11) is -1.99. The number of amides is 1. The fourth-order valence-corrected chi connectivity index (χ4v) is 4.96. The van der Waals surface area contributed by atoms with Crippen molar-refractivity contribution < 1.29 is 17.9 Å². The van der Waals surface area contributed by atoms with E-state index in [4.69, 9.17) is 4.74 Å². The van der Waals surface area contributed by atoms with Gasteiger partial charge in [-0.25, -0.2) is 0 Å². The van der Waals surface area contributed by atoms with Gasteiger partial charge in [-0.1, -0.05) is 0 Å². The molecule has 1 N–H and O–H groups in total. The number of nitrogens with one attached hydrogen (secondary N) is 1. The molecule has 1 aromatic heterocycles. The summed E-state index contributed by atoms with van der Waals surface area (Å²) in [5.74, 6) is 0.426. The van der Waals surface area contributed by atoms with E-state index < -0.39 is 16.3 Å². The van der Waals surface area contributed by atoms with Crippen LogP contribution in [0.15, 0.2) is 12.3 Å². The molecule has 1 amide bonds. The zero-order valence-electron chi connectivity index (χ0n) is 14.8. The number of ether oxygens (including phenoxy) is 1. The molecule has 0 saturated carbocycles. The molecule has 0 bridgehead atoms. The van der Waals surface area contributed by atoms with E-state index in [0.29, 0.717) is 18.8 Å². The first-order chi connectivity index (χ1) is 11.8. The number of aromatic nitrogens is 2. The molecule has 3 heterocycles. The summed E-state index contributed by atoms with van der Waals surface area (Å²) >= 11 is 0. The van der Waals surface area contributed by atoms with Crippen LogP contribution in [-0.2, 0) is 26.8 Å². The van der Waals surface area contributed by atoms with Crippen molar-refractivity contribution in [1.82, 2.24) is 18.8 Å². The van der Waals surface area contributed by atoms with Gasteiger partial charge in [0, 0.05) is 32.7 Å². The quantitative estimate of drug-likeness (QED) is 0.795. The summed E-state index contributed by atoms with van der Waals surface area (Å²) in [5, 5.41) is 4.08. The maximum absolute atomic E-state index is 12.8. The Morgan fingerprint density at radius 3 is 2.56 bits per heavy atom. The predicted molar refractivity (Wildman–Crippen MR) is 92.2 cm³/mol. The number of hydrogen-bond acceptors (Lipinski definition) is 5. The van der Waals surface area contributed by atoms with Gasteiger partial charge in [0.1, 0.15) is 11.9 Å². The second kappa shape index (κ2) is 7.02. The molecule has 140 valence electrons. The number of piperidine rings is 1. The molecule has 0 aromatic carbocycles. The van der Waals surface area contributed by atoms with Crippen LogP contribution < -0.4 is 9.62 Å². The SMILES string of the molecule is C[C@@H]1CN(S(=O)(=O)N[C@@H]2CCCN(c3ccnn3C)C2=O)C[C@@H](C)O1. The van der Waals surface area contributed by atoms with Crippen molar-refractivity contribution in [1.29, 1.82) is 0 Å². The Labute approximate surface area is 148 Å². The van der Waals surface area contributed by atoms with Crippen LogP contribution in [0, 0.1) is 0 Å². The molecular formula is C15H25N5O4S. The fraction of sp³-hybridized carbons (Fsp3) is 0.733. The van der Waals surface area contributed by atoms with E-state index in [2.05, 4.69) is 9.82 Å². The van der Waals surface area contributed by atoms with Crippen molar-refractivity contribution in [3.8, 4) is 0 Å². The Hall–Kier alpha value is -1.49. The molecule has 1 aromatic rings. The van der Waals surface area contributed by atoms with E-state index in [1.54, 1.807) is 28.9 Å². The summed E-state index contributed by atoms with van der Waals surface area (Å²) in [6.07, 6.45) is 2.48. The minimum Gasteiger partial charge on any atom is -0.373 e. The number of carbonyl (C=O) groups is 1. The van der Waals surface area contributed by atoms with Crippen molar-refractivity contribution in [3.05, 3.63) is 12.3 Å². The molecular weight excluding hydrogens is 346 g/mol. The molecule has 0 aliphatic carbocycles. The van der Waals surface area contributed by atoms with Crippen LogP contribution in [0.1, 0.15) is 26.7 Å². The van der Waals surface area contributed by atoms with Gasteiger partial charge in [-0.15, -0.1) is 0 Å². The van der Waals surface area contributed by atoms with Crippen LogP contribution in [0.5, 0.6) is 0 Å². The topological polar surface area (TPSA) is 96.8 Å². The minimum absolute atomic E-state index is 0.173. The number of hydrogen-bond donors (Lipinski definition) is 1. The van der Waals surface area contributed by atoms with Crippen molar-refractivity contribution in [2.24, 2.45) is 7.05 Å². The summed E-state index contributed by atoms with van der Waals surface area (Å²) < 4.78 is 36.6. The van der Waals surface area contributed by atoms with Crippen LogP contribution in [0.4, 0.5) is 5.82 Å². The van der Waals surface area contributed by atoms with Crippen molar-refractivity contribution in [3.63, 3.8) is 0 Å². The van der Waals surface area contributed by atoms with Gasteiger partial charge >= 0.3 is 0 Å². The Bertz CT molecular complexity index is 724. The highest BCUT2D eigenvalue weighted by Gasteiger charge is 2.37. The molecule has 2 aliphatic rings. The van der Waals surface area contributed by atoms with Gasteiger partial charge in [-0.3, -0.25) is 14.4 Å². The van der Waals surface area contributed by atoms with Crippen LogP contribution in [0.25, 0.3) is 0 Å². The lowest BCUT2D eigenvalue weighted by atomic mass is 10.1. The van der Waals surface area contributed by atoms with Gasteiger partial charge in [-0.2, -0.15) is 22.5 Å². The lowest BCUT2D eigenvalue weighted by Gasteiger charge is -2.37. The van der Waals surface area contributed by atoms with Crippen LogP contribution in [-0.4, -0.2) is 66.3 Å². The molecule has 2 aliphatic heterocycles. The first kappa shape index (κ1) is 18.3. The van der Waals surface area contributed by atoms with Gasteiger partial charge in [0.25, 0.3) is 10.2 Å². The first-order valence-corrected chi connectivity index (χ1v) is 9.94. The molecule has 3 atom stereocenters. The lowest BCUT2D eigenvalue weighted by Crippen LogP contribution is -2.58. The molecule has 10 heteroatoms. The third-order valence-electron chi connectivity index (χ3n) is 4.53. The van der Waals surface area contributed by atoms with Gasteiger partial charge in [0.15, 0.2) is 0 Å². The zero-order valence-corrected chi connectivity index (χ0v) is 15.6. The normalized spacial score (nSPS) is 29.2. The smallest absolute Gasteiger partial charge is 0.280 e. The summed E-state index contributed by atoms with van der Waals surface area (Å²) in [6.45, 7) is 4.81. The van der Waals surface area contributed by atoms with E-state index in [1.165, 1.54) is 4.31 Å². The minimum atomic E-state index is -3.75. The molecule has 0 unspecified atom stereocenters. The summed E-state index contributed by atoms with van der Waals surface area (Å²) in [4.78, 5) is 14.4. The number of morpholine rings is 1. The zero-order chi connectivity index (χ0) is 18.2. The molecule has 9 nitrogen and oxygen atoms in total. The van der Waals surface area contributed by atoms with Gasteiger partial charge in [-0.05, 0) is 26.7 Å². The molecule has 2 saturated heterocycles. The monoisotopic (exact) mass is 371 g/mol. The van der Waals surface area contributed by atoms with Gasteiger partial charge in [0.2, 0.25) is 5.91 Å². The average molecular weight is 371 g/mol. The Kier molecular flexibility index (Phi) is 5.14. The van der Waals surface area contributed by atoms with Crippen LogP contribution in [0.2, 0.25) is 0 Å². The second-order valence-electron chi connectivity index (χ2n) is 6.69. The number of aryl methyl sites for hydroxylation is 1. The maximum atomic E-state index is 12.8. The van der Waals surface area contributed by atoms with Crippen molar-refractivity contribution in [2.45, 2.75) is 44.9 Å². The van der Waals surface area contributed by atoms with Gasteiger partial charge < -0.3 is 4.74 Å². The van der Waals surface area contributed by atoms with Crippen molar-refractivity contribution in [2.75, 3.05) is 24.5 Å². The number of carbonyl (C=O) groups excluding carboxylic acids is 1. The first-order valence-electron chi connectivity index (χ1n) is 8.50. The largest absolute Gasteiger partial charge is 0.373 e. The van der Waals surface area contributed by atoms with Crippen molar-refractivity contribution >= 4 is 21.9 Å². The standard InChI is InChI=1S/C15H25N5O4S/c1-11-9-19(10-12(2)24-11)25(22,23)17-13-5-4-8-20(15(13)21)14-6-7-16-18(14)3/h6-7,11-13,17H,4-5,8-10H2,1-3H3/t11-,12-,13-/m1/s1. The highest BCUT2D eigenvalue weighted by molar-refractivity contribution is 7.87. The number of nitrogens with zero attached hydrogens (tertiary/aromatic N) is 4. The van der Waals surface area contributed by atoms with E-state index in [-0.39, 0.29) is 31.2 Å². The summed E-state index contributed by atoms with van der Waals surface area (Å²) in [6, 6.07) is 0.988. The highest BCUT2D eigenvalue weighted by atomic mass is 32.2. The molecule has 0 spiro atoms. The average Bonchev–Trinajstić information content (AvgIpc) is 2.94. The number of rotatable bonds is 4. The number of anilines is 1.